The fraction of sp³-hybridized carbons (Fsp3) is 0.565. The summed E-state index contributed by atoms with van der Waals surface area (Å²) < 4.78 is 63.8. The van der Waals surface area contributed by atoms with Gasteiger partial charge >= 0.3 is 11.8 Å². The average Bonchev–Trinajstić information content (AvgIpc) is 2.67. The molecule has 154 valence electrons. The van der Waals surface area contributed by atoms with Gasteiger partial charge in [-0.3, -0.25) is 0 Å². The van der Waals surface area contributed by atoms with Crippen LogP contribution in [0.25, 0.3) is 5.57 Å². The molecule has 0 aromatic heterocycles. The van der Waals surface area contributed by atoms with Gasteiger partial charge in [-0.1, -0.05) is 63.1 Å². The number of rotatable bonds is 6. The Morgan fingerprint density at radius 1 is 0.929 bits per heavy atom. The summed E-state index contributed by atoms with van der Waals surface area (Å²) in [7, 11) is 0. The molecule has 0 amide bonds. The third-order valence-electron chi connectivity index (χ3n) is 5.78. The van der Waals surface area contributed by atoms with Gasteiger partial charge in [0.1, 0.15) is 0 Å². The fourth-order valence-corrected chi connectivity index (χ4v) is 4.10. The molecule has 5 heteroatoms. The molecule has 0 N–H and O–H groups in total. The Morgan fingerprint density at radius 2 is 1.64 bits per heavy atom. The van der Waals surface area contributed by atoms with Crippen molar-refractivity contribution in [3.63, 3.8) is 0 Å². The van der Waals surface area contributed by atoms with Gasteiger partial charge in [-0.25, -0.2) is 0 Å². The van der Waals surface area contributed by atoms with E-state index in [2.05, 4.69) is 6.92 Å². The number of benzene rings is 1. The second-order valence-corrected chi connectivity index (χ2v) is 7.81. The molecule has 2 atom stereocenters. The van der Waals surface area contributed by atoms with Gasteiger partial charge in [0.05, 0.1) is 12.7 Å². The normalized spacial score (nSPS) is 26.5. The van der Waals surface area contributed by atoms with Gasteiger partial charge in [-0.05, 0) is 36.8 Å². The molecule has 1 fully saturated rings. The van der Waals surface area contributed by atoms with Crippen molar-refractivity contribution in [3.05, 3.63) is 53.1 Å². The van der Waals surface area contributed by atoms with Gasteiger partial charge in [0.25, 0.3) is 0 Å². The molecule has 0 radical (unpaired) electrons. The Hall–Kier alpha value is -1.62. The average molecular weight is 396 g/mol. The number of alkyl halides is 4. The SMILES string of the molecule is CCCC1=CC=C(c2ccc(C3CCC(CCC)OC3)cc2)C(F)(F)C1(F)F. The van der Waals surface area contributed by atoms with E-state index in [0.717, 1.165) is 43.4 Å². The predicted molar refractivity (Wildman–Crippen MR) is 104 cm³/mol. The van der Waals surface area contributed by atoms with Crippen molar-refractivity contribution in [3.8, 4) is 0 Å². The molecule has 2 aliphatic rings. The van der Waals surface area contributed by atoms with E-state index in [1.54, 1.807) is 19.1 Å². The van der Waals surface area contributed by atoms with Gasteiger partial charge in [-0.15, -0.1) is 0 Å². The first-order valence-electron chi connectivity index (χ1n) is 10.2. The lowest BCUT2D eigenvalue weighted by molar-refractivity contribution is -0.149. The van der Waals surface area contributed by atoms with Gasteiger partial charge in [0.15, 0.2) is 0 Å². The molecule has 0 saturated carbocycles. The van der Waals surface area contributed by atoms with Crippen molar-refractivity contribution in [2.45, 2.75) is 76.2 Å². The molecule has 3 rings (SSSR count). The highest BCUT2D eigenvalue weighted by Gasteiger charge is 2.61. The molecule has 0 spiro atoms. The number of hydrogen-bond donors (Lipinski definition) is 0. The molecule has 1 aromatic rings. The van der Waals surface area contributed by atoms with Crippen molar-refractivity contribution in [2.75, 3.05) is 6.61 Å². The third-order valence-corrected chi connectivity index (χ3v) is 5.78. The van der Waals surface area contributed by atoms with E-state index in [1.807, 2.05) is 0 Å². The summed E-state index contributed by atoms with van der Waals surface area (Å²) in [5, 5.41) is 0. The van der Waals surface area contributed by atoms with Crippen LogP contribution < -0.4 is 0 Å². The highest BCUT2D eigenvalue weighted by molar-refractivity contribution is 5.76. The van der Waals surface area contributed by atoms with Crippen molar-refractivity contribution in [1.29, 1.82) is 0 Å². The first-order chi connectivity index (χ1) is 13.3. The summed E-state index contributed by atoms with van der Waals surface area (Å²) in [6.45, 7) is 4.45. The molecule has 1 heterocycles. The lowest BCUT2D eigenvalue weighted by Gasteiger charge is -2.33. The highest BCUT2D eigenvalue weighted by Crippen LogP contribution is 2.51. The predicted octanol–water partition coefficient (Wildman–Crippen LogP) is 7.14. The van der Waals surface area contributed by atoms with Crippen LogP contribution in [0.4, 0.5) is 17.6 Å². The Bertz CT molecular complexity index is 725. The Morgan fingerprint density at radius 3 is 2.21 bits per heavy atom. The molecule has 2 unspecified atom stereocenters. The van der Waals surface area contributed by atoms with E-state index < -0.39 is 23.0 Å². The topological polar surface area (TPSA) is 9.23 Å². The van der Waals surface area contributed by atoms with Crippen LogP contribution in [0.5, 0.6) is 0 Å². The van der Waals surface area contributed by atoms with Gasteiger partial charge in [-0.2, -0.15) is 17.6 Å². The number of halogens is 4. The van der Waals surface area contributed by atoms with Crippen molar-refractivity contribution in [1.82, 2.24) is 0 Å². The number of hydrogen-bond acceptors (Lipinski definition) is 1. The summed E-state index contributed by atoms with van der Waals surface area (Å²) in [5.41, 5.74) is 0.0291. The van der Waals surface area contributed by atoms with E-state index in [9.17, 15) is 17.6 Å². The van der Waals surface area contributed by atoms with Crippen molar-refractivity contribution >= 4 is 5.57 Å². The molecule has 1 aromatic carbocycles. The van der Waals surface area contributed by atoms with E-state index in [1.165, 1.54) is 12.1 Å². The molecule has 0 bridgehead atoms. The van der Waals surface area contributed by atoms with Crippen molar-refractivity contribution in [2.24, 2.45) is 0 Å². The van der Waals surface area contributed by atoms with Crippen LogP contribution in [-0.2, 0) is 4.74 Å². The van der Waals surface area contributed by atoms with Crippen LogP contribution >= 0.6 is 0 Å². The smallest absolute Gasteiger partial charge is 0.339 e. The summed E-state index contributed by atoms with van der Waals surface area (Å²) in [6, 6.07) is 6.59. The maximum atomic E-state index is 14.6. The van der Waals surface area contributed by atoms with Crippen LogP contribution in [-0.4, -0.2) is 24.6 Å². The molecule has 1 saturated heterocycles. The van der Waals surface area contributed by atoms with E-state index in [0.29, 0.717) is 19.1 Å². The minimum atomic E-state index is -4.21. The maximum Gasteiger partial charge on any atom is 0.339 e. The molecule has 1 aliphatic carbocycles. The summed E-state index contributed by atoms with van der Waals surface area (Å²) >= 11 is 0. The first-order valence-corrected chi connectivity index (χ1v) is 10.2. The molecular formula is C23H28F4O. The lowest BCUT2D eigenvalue weighted by Crippen LogP contribution is -2.44. The minimum absolute atomic E-state index is 0.0357. The van der Waals surface area contributed by atoms with Gasteiger partial charge in [0.2, 0.25) is 0 Å². The van der Waals surface area contributed by atoms with Crippen LogP contribution in [0.3, 0.4) is 0 Å². The van der Waals surface area contributed by atoms with E-state index in [-0.39, 0.29) is 17.9 Å². The summed E-state index contributed by atoms with van der Waals surface area (Å²) in [6.07, 6.45) is 7.10. The summed E-state index contributed by atoms with van der Waals surface area (Å²) in [5.74, 6) is -8.15. The maximum absolute atomic E-state index is 14.6. The quantitative estimate of drug-likeness (QED) is 0.464. The largest absolute Gasteiger partial charge is 0.378 e. The Kier molecular flexibility index (Phi) is 6.33. The second kappa shape index (κ2) is 8.40. The molecule has 1 aliphatic heterocycles. The Balaban J connectivity index is 1.78. The fourth-order valence-electron chi connectivity index (χ4n) is 4.10. The Labute approximate surface area is 164 Å². The number of ether oxygens (including phenoxy) is 1. The van der Waals surface area contributed by atoms with Crippen LogP contribution in [0.2, 0.25) is 0 Å². The first kappa shape index (κ1) is 21.1. The molecule has 1 nitrogen and oxygen atoms in total. The zero-order valence-electron chi connectivity index (χ0n) is 16.5. The van der Waals surface area contributed by atoms with Crippen LogP contribution in [0.1, 0.15) is 69.4 Å². The lowest BCUT2D eigenvalue weighted by atomic mass is 9.84. The van der Waals surface area contributed by atoms with Crippen molar-refractivity contribution < 1.29 is 22.3 Å². The van der Waals surface area contributed by atoms with E-state index >= 15 is 0 Å². The monoisotopic (exact) mass is 396 g/mol. The third kappa shape index (κ3) is 3.91. The van der Waals surface area contributed by atoms with Gasteiger partial charge < -0.3 is 4.74 Å². The zero-order chi connectivity index (χ0) is 20.4. The minimum Gasteiger partial charge on any atom is -0.378 e. The van der Waals surface area contributed by atoms with Gasteiger partial charge in [0, 0.05) is 17.1 Å². The second-order valence-electron chi connectivity index (χ2n) is 7.81. The van der Waals surface area contributed by atoms with E-state index in [4.69, 9.17) is 4.74 Å². The highest BCUT2D eigenvalue weighted by atomic mass is 19.3. The van der Waals surface area contributed by atoms with Crippen LogP contribution in [0.15, 0.2) is 42.0 Å². The number of allylic oxidation sites excluding steroid dienone is 4. The van der Waals surface area contributed by atoms with Crippen LogP contribution in [0, 0.1) is 0 Å². The zero-order valence-corrected chi connectivity index (χ0v) is 16.5. The summed E-state index contributed by atoms with van der Waals surface area (Å²) in [4.78, 5) is 0. The standard InChI is InChI=1S/C23H28F4O/c1-3-5-19-12-14-21(23(26,27)22(19,24)25)17-9-7-16(8-10-17)18-11-13-20(6-4-2)28-15-18/h7-10,12,14,18,20H,3-6,11,13,15H2,1-2H3. The molecular weight excluding hydrogens is 368 g/mol. The molecule has 28 heavy (non-hydrogen) atoms.